The standard InChI is InChI=1S/C19H19BrN4O2/c1-25-16-8-7-14(12-21-16)18-22-19(26-23-18)17(24-9-2-3-10-24)13-5-4-6-15(20)11-13/h4-8,11-12,17H,2-3,9-10H2,1H3. The molecule has 1 saturated heterocycles. The minimum Gasteiger partial charge on any atom is -0.481 e. The zero-order chi connectivity index (χ0) is 17.9. The molecule has 0 saturated carbocycles. The van der Waals surface area contributed by atoms with Gasteiger partial charge in [0.15, 0.2) is 0 Å². The monoisotopic (exact) mass is 414 g/mol. The van der Waals surface area contributed by atoms with Crippen LogP contribution in [0.25, 0.3) is 11.4 Å². The van der Waals surface area contributed by atoms with Crippen molar-refractivity contribution in [3.05, 3.63) is 58.5 Å². The van der Waals surface area contributed by atoms with Gasteiger partial charge in [-0.25, -0.2) is 4.98 Å². The van der Waals surface area contributed by atoms with Gasteiger partial charge < -0.3 is 9.26 Å². The first-order valence-corrected chi connectivity index (χ1v) is 9.37. The topological polar surface area (TPSA) is 64.3 Å². The van der Waals surface area contributed by atoms with Gasteiger partial charge in [0.05, 0.1) is 7.11 Å². The summed E-state index contributed by atoms with van der Waals surface area (Å²) >= 11 is 3.56. The van der Waals surface area contributed by atoms with E-state index in [9.17, 15) is 0 Å². The lowest BCUT2D eigenvalue weighted by Gasteiger charge is -2.24. The Balaban J connectivity index is 1.68. The quantitative estimate of drug-likeness (QED) is 0.626. The van der Waals surface area contributed by atoms with E-state index in [1.165, 1.54) is 12.8 Å². The lowest BCUT2D eigenvalue weighted by Crippen LogP contribution is -2.26. The smallest absolute Gasteiger partial charge is 0.248 e. The van der Waals surface area contributed by atoms with Crippen LogP contribution in [0.2, 0.25) is 0 Å². The third kappa shape index (κ3) is 3.50. The molecule has 134 valence electrons. The van der Waals surface area contributed by atoms with Crippen LogP contribution in [0.3, 0.4) is 0 Å². The van der Waals surface area contributed by atoms with Gasteiger partial charge in [-0.3, -0.25) is 4.90 Å². The molecular weight excluding hydrogens is 396 g/mol. The van der Waals surface area contributed by atoms with Crippen molar-refractivity contribution in [3.63, 3.8) is 0 Å². The Hall–Kier alpha value is -2.25. The summed E-state index contributed by atoms with van der Waals surface area (Å²) in [5.41, 5.74) is 1.94. The minimum absolute atomic E-state index is 0.0394. The van der Waals surface area contributed by atoms with E-state index in [0.717, 1.165) is 28.7 Å². The molecule has 3 heterocycles. The van der Waals surface area contributed by atoms with Gasteiger partial charge in [-0.2, -0.15) is 4.98 Å². The van der Waals surface area contributed by atoms with Crippen LogP contribution in [0.5, 0.6) is 5.88 Å². The zero-order valence-electron chi connectivity index (χ0n) is 14.4. The molecule has 1 fully saturated rings. The van der Waals surface area contributed by atoms with Crippen LogP contribution in [0.4, 0.5) is 0 Å². The van der Waals surface area contributed by atoms with E-state index in [1.807, 2.05) is 18.2 Å². The summed E-state index contributed by atoms with van der Waals surface area (Å²) in [6.07, 6.45) is 4.07. The maximum Gasteiger partial charge on any atom is 0.248 e. The molecule has 0 aliphatic carbocycles. The fraction of sp³-hybridized carbons (Fsp3) is 0.316. The number of nitrogens with zero attached hydrogens (tertiary/aromatic N) is 4. The summed E-state index contributed by atoms with van der Waals surface area (Å²) in [7, 11) is 1.59. The summed E-state index contributed by atoms with van der Waals surface area (Å²) < 4.78 is 11.8. The Bertz CT molecular complexity index is 875. The first-order valence-electron chi connectivity index (χ1n) is 8.58. The van der Waals surface area contributed by atoms with Gasteiger partial charge in [0, 0.05) is 22.3 Å². The Morgan fingerprint density at radius 2 is 2.04 bits per heavy atom. The van der Waals surface area contributed by atoms with Gasteiger partial charge >= 0.3 is 0 Å². The van der Waals surface area contributed by atoms with E-state index in [0.29, 0.717) is 17.6 Å². The van der Waals surface area contributed by atoms with E-state index in [-0.39, 0.29) is 6.04 Å². The number of benzene rings is 1. The predicted octanol–water partition coefficient (Wildman–Crippen LogP) is 4.09. The van der Waals surface area contributed by atoms with E-state index >= 15 is 0 Å². The van der Waals surface area contributed by atoms with Crippen LogP contribution in [-0.2, 0) is 0 Å². The van der Waals surface area contributed by atoms with Gasteiger partial charge in [-0.1, -0.05) is 33.2 Å². The highest BCUT2D eigenvalue weighted by Gasteiger charge is 2.30. The number of ether oxygens (including phenoxy) is 1. The van der Waals surface area contributed by atoms with Gasteiger partial charge in [-0.15, -0.1) is 0 Å². The maximum atomic E-state index is 5.67. The van der Waals surface area contributed by atoms with Crippen molar-refractivity contribution in [3.8, 4) is 17.3 Å². The predicted molar refractivity (Wildman–Crippen MR) is 101 cm³/mol. The second-order valence-electron chi connectivity index (χ2n) is 6.25. The van der Waals surface area contributed by atoms with Gasteiger partial charge in [-0.05, 0) is 49.7 Å². The van der Waals surface area contributed by atoms with Crippen LogP contribution in [0.15, 0.2) is 51.6 Å². The number of hydrogen-bond acceptors (Lipinski definition) is 6. The van der Waals surface area contributed by atoms with Crippen molar-refractivity contribution in [1.29, 1.82) is 0 Å². The molecule has 1 aliphatic heterocycles. The lowest BCUT2D eigenvalue weighted by atomic mass is 10.1. The number of methoxy groups -OCH3 is 1. The molecule has 6 nitrogen and oxygen atoms in total. The van der Waals surface area contributed by atoms with Crippen molar-refractivity contribution in [2.75, 3.05) is 20.2 Å². The Kier molecular flexibility index (Phi) is 4.99. The van der Waals surface area contributed by atoms with Crippen molar-refractivity contribution in [1.82, 2.24) is 20.0 Å². The molecule has 0 N–H and O–H groups in total. The molecule has 4 rings (SSSR count). The van der Waals surface area contributed by atoms with Gasteiger partial charge in [0.25, 0.3) is 0 Å². The third-order valence-corrected chi connectivity index (χ3v) is 5.04. The highest BCUT2D eigenvalue weighted by molar-refractivity contribution is 9.10. The highest BCUT2D eigenvalue weighted by Crippen LogP contribution is 2.33. The molecule has 0 radical (unpaired) electrons. The first kappa shape index (κ1) is 17.2. The van der Waals surface area contributed by atoms with E-state index in [2.05, 4.69) is 48.1 Å². The molecule has 0 amide bonds. The van der Waals surface area contributed by atoms with E-state index < -0.39 is 0 Å². The van der Waals surface area contributed by atoms with Crippen molar-refractivity contribution < 1.29 is 9.26 Å². The van der Waals surface area contributed by atoms with Crippen LogP contribution >= 0.6 is 15.9 Å². The van der Waals surface area contributed by atoms with Crippen LogP contribution < -0.4 is 4.74 Å². The molecule has 1 aromatic carbocycles. The summed E-state index contributed by atoms with van der Waals surface area (Å²) in [4.78, 5) is 11.3. The summed E-state index contributed by atoms with van der Waals surface area (Å²) in [6, 6.07) is 11.9. The van der Waals surface area contributed by atoms with Crippen LogP contribution in [0.1, 0.15) is 30.3 Å². The summed E-state index contributed by atoms with van der Waals surface area (Å²) in [6.45, 7) is 2.05. The van der Waals surface area contributed by atoms with Crippen molar-refractivity contribution in [2.45, 2.75) is 18.9 Å². The van der Waals surface area contributed by atoms with Crippen molar-refractivity contribution in [2.24, 2.45) is 0 Å². The Morgan fingerprint density at radius 3 is 2.73 bits per heavy atom. The van der Waals surface area contributed by atoms with Gasteiger partial charge in [0.1, 0.15) is 6.04 Å². The van der Waals surface area contributed by atoms with Crippen molar-refractivity contribution >= 4 is 15.9 Å². The second kappa shape index (κ2) is 7.55. The van der Waals surface area contributed by atoms with Gasteiger partial charge in [0.2, 0.25) is 17.6 Å². The Labute approximate surface area is 160 Å². The number of halogens is 1. The first-order chi connectivity index (χ1) is 12.7. The van der Waals surface area contributed by atoms with E-state index in [1.54, 1.807) is 19.4 Å². The average Bonchev–Trinajstić information content (AvgIpc) is 3.35. The molecular formula is C19H19BrN4O2. The third-order valence-electron chi connectivity index (χ3n) is 4.55. The molecule has 1 unspecified atom stereocenters. The molecule has 0 spiro atoms. The molecule has 3 aromatic rings. The lowest BCUT2D eigenvalue weighted by molar-refractivity contribution is 0.225. The Morgan fingerprint density at radius 1 is 1.19 bits per heavy atom. The molecule has 1 aliphatic rings. The number of likely N-dealkylation sites (tertiary alicyclic amines) is 1. The normalized spacial score (nSPS) is 15.9. The number of aromatic nitrogens is 3. The molecule has 26 heavy (non-hydrogen) atoms. The highest BCUT2D eigenvalue weighted by atomic mass is 79.9. The second-order valence-corrected chi connectivity index (χ2v) is 7.16. The SMILES string of the molecule is COc1ccc(-c2noc(C(c3cccc(Br)c3)N3CCCC3)n2)cn1. The summed E-state index contributed by atoms with van der Waals surface area (Å²) in [5.74, 6) is 1.70. The largest absolute Gasteiger partial charge is 0.481 e. The van der Waals surface area contributed by atoms with Crippen LogP contribution in [-0.4, -0.2) is 40.2 Å². The fourth-order valence-electron chi connectivity index (χ4n) is 3.28. The maximum absolute atomic E-state index is 5.67. The molecule has 0 bridgehead atoms. The molecule has 2 aromatic heterocycles. The average molecular weight is 415 g/mol. The van der Waals surface area contributed by atoms with Crippen LogP contribution in [0, 0.1) is 0 Å². The summed E-state index contributed by atoms with van der Waals surface area (Å²) in [5, 5.41) is 4.18. The van der Waals surface area contributed by atoms with E-state index in [4.69, 9.17) is 9.26 Å². The number of rotatable bonds is 5. The zero-order valence-corrected chi connectivity index (χ0v) is 16.0. The number of hydrogen-bond donors (Lipinski definition) is 0. The fourth-order valence-corrected chi connectivity index (χ4v) is 3.70. The minimum atomic E-state index is -0.0394. The molecule has 1 atom stereocenters. The molecule has 7 heteroatoms. The number of pyridine rings is 1.